The first-order valence-electron chi connectivity index (χ1n) is 7.18. The van der Waals surface area contributed by atoms with Gasteiger partial charge in [-0.15, -0.1) is 0 Å². The van der Waals surface area contributed by atoms with Crippen LogP contribution in [-0.4, -0.2) is 14.9 Å². The summed E-state index contributed by atoms with van der Waals surface area (Å²) in [6.45, 7) is 0. The number of halogens is 3. The van der Waals surface area contributed by atoms with Gasteiger partial charge in [0.15, 0.2) is 11.6 Å². The second-order valence-electron chi connectivity index (χ2n) is 5.07. The lowest BCUT2D eigenvalue weighted by Crippen LogP contribution is -2.05. The van der Waals surface area contributed by atoms with Crippen molar-refractivity contribution in [1.29, 1.82) is 0 Å². The van der Waals surface area contributed by atoms with Crippen LogP contribution < -0.4 is 10.6 Å². The van der Waals surface area contributed by atoms with E-state index in [-0.39, 0.29) is 17.3 Å². The third-order valence-corrected chi connectivity index (χ3v) is 3.51. The highest BCUT2D eigenvalue weighted by Crippen LogP contribution is 2.33. The fraction of sp³-hybridized carbons (Fsp3) is 0. The molecule has 2 aromatic carbocycles. The van der Waals surface area contributed by atoms with Crippen LogP contribution in [0.2, 0.25) is 5.02 Å². The summed E-state index contributed by atoms with van der Waals surface area (Å²) < 4.78 is 26.4. The van der Waals surface area contributed by atoms with Gasteiger partial charge in [-0.3, -0.25) is 10.1 Å². The van der Waals surface area contributed by atoms with Crippen molar-refractivity contribution in [3.63, 3.8) is 0 Å². The van der Waals surface area contributed by atoms with Gasteiger partial charge in [-0.2, -0.15) is 0 Å². The molecule has 0 radical (unpaired) electrons. The summed E-state index contributed by atoms with van der Waals surface area (Å²) in [5, 5.41) is 17.3. The highest BCUT2D eigenvalue weighted by molar-refractivity contribution is 6.30. The molecule has 0 aliphatic heterocycles. The minimum absolute atomic E-state index is 0.0858. The molecule has 0 aliphatic rings. The van der Waals surface area contributed by atoms with Gasteiger partial charge in [0.2, 0.25) is 11.6 Å². The standard InChI is InChI=1S/C16H10ClF2N5O2/c17-9-2-1-3-10(6-9)22-15-14(24(25)26)16(21-8-20-15)23-11-4-5-12(18)13(19)7-11/h1-8H,(H2,20,21,22,23). The maximum Gasteiger partial charge on any atom is 0.353 e. The Hall–Kier alpha value is -3.33. The Balaban J connectivity index is 1.98. The number of rotatable bonds is 5. The number of benzene rings is 2. The molecule has 0 aliphatic carbocycles. The zero-order valence-corrected chi connectivity index (χ0v) is 13.7. The highest BCUT2D eigenvalue weighted by atomic mass is 35.5. The van der Waals surface area contributed by atoms with Crippen LogP contribution >= 0.6 is 11.6 Å². The second kappa shape index (κ2) is 7.28. The molecule has 26 heavy (non-hydrogen) atoms. The molecule has 0 amide bonds. The predicted octanol–water partition coefficient (Wildman–Crippen LogP) is 4.80. The predicted molar refractivity (Wildman–Crippen MR) is 93.1 cm³/mol. The molecule has 3 rings (SSSR count). The van der Waals surface area contributed by atoms with Gasteiger partial charge >= 0.3 is 5.69 Å². The van der Waals surface area contributed by atoms with Gasteiger partial charge in [-0.25, -0.2) is 18.7 Å². The van der Waals surface area contributed by atoms with Crippen LogP contribution in [0.5, 0.6) is 0 Å². The van der Waals surface area contributed by atoms with Crippen LogP contribution in [0.3, 0.4) is 0 Å². The highest BCUT2D eigenvalue weighted by Gasteiger charge is 2.23. The molecule has 1 aromatic heterocycles. The van der Waals surface area contributed by atoms with Crippen molar-refractivity contribution in [2.24, 2.45) is 0 Å². The van der Waals surface area contributed by atoms with Crippen LogP contribution in [0.1, 0.15) is 0 Å². The summed E-state index contributed by atoms with van der Waals surface area (Å²) in [5.74, 6) is -2.39. The van der Waals surface area contributed by atoms with Crippen molar-refractivity contribution < 1.29 is 13.7 Å². The minimum atomic E-state index is -1.09. The van der Waals surface area contributed by atoms with Gasteiger partial charge in [0.05, 0.1) is 4.92 Å². The fourth-order valence-corrected chi connectivity index (χ4v) is 2.34. The summed E-state index contributed by atoms with van der Waals surface area (Å²) >= 11 is 5.89. The van der Waals surface area contributed by atoms with E-state index in [2.05, 4.69) is 20.6 Å². The molecular weight excluding hydrogens is 368 g/mol. The molecule has 10 heteroatoms. The van der Waals surface area contributed by atoms with Crippen LogP contribution in [-0.2, 0) is 0 Å². The Bertz CT molecular complexity index is 987. The van der Waals surface area contributed by atoms with E-state index in [0.717, 1.165) is 18.5 Å². The van der Waals surface area contributed by atoms with E-state index in [4.69, 9.17) is 11.6 Å². The molecule has 0 fully saturated rings. The number of hydrogen-bond donors (Lipinski definition) is 2. The van der Waals surface area contributed by atoms with Crippen LogP contribution in [0.4, 0.5) is 37.5 Å². The SMILES string of the molecule is O=[N+]([O-])c1c(Nc2cccc(Cl)c2)ncnc1Nc1ccc(F)c(F)c1. The minimum Gasteiger partial charge on any atom is -0.334 e. The van der Waals surface area contributed by atoms with E-state index >= 15 is 0 Å². The van der Waals surface area contributed by atoms with Crippen molar-refractivity contribution in [1.82, 2.24) is 9.97 Å². The first kappa shape index (κ1) is 17.5. The van der Waals surface area contributed by atoms with Gasteiger partial charge in [-0.05, 0) is 30.3 Å². The molecule has 0 unspecified atom stereocenters. The molecule has 0 spiro atoms. The molecule has 3 aromatic rings. The van der Waals surface area contributed by atoms with Gasteiger partial charge in [0.1, 0.15) is 6.33 Å². The number of nitrogens with one attached hydrogen (secondary N) is 2. The third-order valence-electron chi connectivity index (χ3n) is 3.27. The van der Waals surface area contributed by atoms with Gasteiger partial charge < -0.3 is 10.6 Å². The Morgan fingerprint density at radius 1 is 0.962 bits per heavy atom. The zero-order valence-electron chi connectivity index (χ0n) is 12.9. The number of nitrogens with zero attached hydrogens (tertiary/aromatic N) is 3. The van der Waals surface area contributed by atoms with Crippen molar-refractivity contribution >= 4 is 40.3 Å². The first-order chi connectivity index (χ1) is 12.4. The number of nitro groups is 1. The summed E-state index contributed by atoms with van der Waals surface area (Å²) in [4.78, 5) is 18.5. The molecule has 7 nitrogen and oxygen atoms in total. The van der Waals surface area contributed by atoms with E-state index in [0.29, 0.717) is 10.7 Å². The molecule has 0 saturated carbocycles. The Kier molecular flexibility index (Phi) is 4.90. The van der Waals surface area contributed by atoms with Crippen molar-refractivity contribution in [2.75, 3.05) is 10.6 Å². The average Bonchev–Trinajstić information content (AvgIpc) is 2.58. The maximum atomic E-state index is 13.3. The normalized spacial score (nSPS) is 10.4. The maximum absolute atomic E-state index is 13.3. The van der Waals surface area contributed by atoms with Gasteiger partial charge in [-0.1, -0.05) is 17.7 Å². The molecule has 1 heterocycles. The summed E-state index contributed by atoms with van der Waals surface area (Å²) in [6.07, 6.45) is 1.10. The monoisotopic (exact) mass is 377 g/mol. The van der Waals surface area contributed by atoms with Crippen LogP contribution in [0.15, 0.2) is 48.8 Å². The van der Waals surface area contributed by atoms with Crippen LogP contribution in [0.25, 0.3) is 0 Å². The van der Waals surface area contributed by atoms with Gasteiger partial charge in [0, 0.05) is 22.5 Å². The lowest BCUT2D eigenvalue weighted by Gasteiger charge is -2.10. The Labute approximate surface area is 150 Å². The van der Waals surface area contributed by atoms with Gasteiger partial charge in [0.25, 0.3) is 0 Å². The van der Waals surface area contributed by atoms with E-state index in [1.807, 2.05) is 0 Å². The van der Waals surface area contributed by atoms with Crippen molar-refractivity contribution in [2.45, 2.75) is 0 Å². The quantitative estimate of drug-likeness (QED) is 0.490. The third kappa shape index (κ3) is 3.83. The van der Waals surface area contributed by atoms with Crippen LogP contribution in [0, 0.1) is 21.7 Å². The zero-order chi connectivity index (χ0) is 18.7. The number of hydrogen-bond acceptors (Lipinski definition) is 6. The van der Waals surface area contributed by atoms with E-state index < -0.39 is 22.2 Å². The Morgan fingerprint density at radius 2 is 1.62 bits per heavy atom. The van der Waals surface area contributed by atoms with Crippen molar-refractivity contribution in [3.8, 4) is 0 Å². The topological polar surface area (TPSA) is 93.0 Å². The molecule has 2 N–H and O–H groups in total. The largest absolute Gasteiger partial charge is 0.353 e. The summed E-state index contributed by atoms with van der Waals surface area (Å²) in [5.41, 5.74) is 0.120. The number of anilines is 4. The van der Waals surface area contributed by atoms with E-state index in [1.54, 1.807) is 24.3 Å². The summed E-state index contributed by atoms with van der Waals surface area (Å²) in [7, 11) is 0. The van der Waals surface area contributed by atoms with Crippen molar-refractivity contribution in [3.05, 3.63) is 75.6 Å². The molecular formula is C16H10ClF2N5O2. The lowest BCUT2D eigenvalue weighted by atomic mass is 10.3. The average molecular weight is 378 g/mol. The Morgan fingerprint density at radius 3 is 2.19 bits per heavy atom. The lowest BCUT2D eigenvalue weighted by molar-refractivity contribution is -0.383. The molecule has 0 saturated heterocycles. The smallest absolute Gasteiger partial charge is 0.334 e. The fourth-order valence-electron chi connectivity index (χ4n) is 2.15. The van der Waals surface area contributed by atoms with E-state index in [9.17, 15) is 18.9 Å². The molecule has 0 bridgehead atoms. The first-order valence-corrected chi connectivity index (χ1v) is 7.56. The summed E-state index contributed by atoms with van der Waals surface area (Å²) in [6, 6.07) is 9.53. The number of aromatic nitrogens is 2. The molecule has 132 valence electrons. The second-order valence-corrected chi connectivity index (χ2v) is 5.50. The van der Waals surface area contributed by atoms with E-state index in [1.165, 1.54) is 6.07 Å². The molecule has 0 atom stereocenters.